The number of ether oxygens (including phenoxy) is 1. The minimum Gasteiger partial charge on any atom is -0.466 e. The van der Waals surface area contributed by atoms with Gasteiger partial charge in [-0.2, -0.15) is 0 Å². The standard InChI is InChI=1S/C13H16BrNO2/c1-9-4-5-12(11(14)8-9)15-7-6-10(2)13(16)17-3/h4-6,8,15H,7H2,1-3H3/b10-6+. The predicted molar refractivity (Wildman–Crippen MR) is 73.1 cm³/mol. The number of carbonyl (C=O) groups is 1. The summed E-state index contributed by atoms with van der Waals surface area (Å²) in [7, 11) is 1.38. The number of benzene rings is 1. The zero-order chi connectivity index (χ0) is 12.8. The largest absolute Gasteiger partial charge is 0.466 e. The molecule has 0 spiro atoms. The maximum absolute atomic E-state index is 11.1. The van der Waals surface area contributed by atoms with Gasteiger partial charge in [0.2, 0.25) is 0 Å². The van der Waals surface area contributed by atoms with E-state index in [1.54, 1.807) is 13.0 Å². The summed E-state index contributed by atoms with van der Waals surface area (Å²) in [6, 6.07) is 6.07. The van der Waals surface area contributed by atoms with Crippen LogP contribution in [0.3, 0.4) is 0 Å². The van der Waals surface area contributed by atoms with Gasteiger partial charge in [0.05, 0.1) is 7.11 Å². The molecule has 0 radical (unpaired) electrons. The highest BCUT2D eigenvalue weighted by atomic mass is 79.9. The van der Waals surface area contributed by atoms with Crippen molar-refractivity contribution in [3.05, 3.63) is 39.9 Å². The van der Waals surface area contributed by atoms with E-state index in [2.05, 4.69) is 26.0 Å². The van der Waals surface area contributed by atoms with Crippen LogP contribution in [0.2, 0.25) is 0 Å². The van der Waals surface area contributed by atoms with Gasteiger partial charge in [0, 0.05) is 22.3 Å². The second kappa shape index (κ2) is 6.45. The third kappa shape index (κ3) is 4.23. The van der Waals surface area contributed by atoms with Crippen molar-refractivity contribution in [3.8, 4) is 0 Å². The Morgan fingerprint density at radius 3 is 2.82 bits per heavy atom. The Kier molecular flexibility index (Phi) is 5.22. The van der Waals surface area contributed by atoms with E-state index in [4.69, 9.17) is 0 Å². The summed E-state index contributed by atoms with van der Waals surface area (Å²) in [6.07, 6.45) is 1.80. The lowest BCUT2D eigenvalue weighted by molar-refractivity contribution is -0.136. The Morgan fingerprint density at radius 1 is 1.53 bits per heavy atom. The number of rotatable bonds is 4. The van der Waals surface area contributed by atoms with Crippen molar-refractivity contribution in [2.75, 3.05) is 19.0 Å². The van der Waals surface area contributed by atoms with Crippen LogP contribution in [0, 0.1) is 6.92 Å². The topological polar surface area (TPSA) is 38.3 Å². The Hall–Kier alpha value is -1.29. The number of methoxy groups -OCH3 is 1. The van der Waals surface area contributed by atoms with Gasteiger partial charge in [0.1, 0.15) is 0 Å². The summed E-state index contributed by atoms with van der Waals surface area (Å²) in [4.78, 5) is 11.1. The number of nitrogens with one attached hydrogen (secondary N) is 1. The number of hydrogen-bond donors (Lipinski definition) is 1. The lowest BCUT2D eigenvalue weighted by atomic mass is 10.2. The normalized spacial score (nSPS) is 11.2. The molecule has 92 valence electrons. The van der Waals surface area contributed by atoms with Gasteiger partial charge >= 0.3 is 5.97 Å². The van der Waals surface area contributed by atoms with Crippen LogP contribution < -0.4 is 5.32 Å². The quantitative estimate of drug-likeness (QED) is 0.685. The molecule has 0 aliphatic carbocycles. The summed E-state index contributed by atoms with van der Waals surface area (Å²) in [6.45, 7) is 4.36. The number of anilines is 1. The van der Waals surface area contributed by atoms with Gasteiger partial charge in [0.25, 0.3) is 0 Å². The zero-order valence-corrected chi connectivity index (χ0v) is 11.8. The summed E-state index contributed by atoms with van der Waals surface area (Å²) >= 11 is 3.48. The van der Waals surface area contributed by atoms with E-state index in [1.165, 1.54) is 12.7 Å². The van der Waals surface area contributed by atoms with Crippen LogP contribution >= 0.6 is 15.9 Å². The first kappa shape index (κ1) is 13.8. The number of carbonyl (C=O) groups excluding carboxylic acids is 1. The minimum atomic E-state index is -0.297. The van der Waals surface area contributed by atoms with Gasteiger partial charge in [-0.05, 0) is 47.5 Å². The number of hydrogen-bond acceptors (Lipinski definition) is 3. The molecule has 0 bridgehead atoms. The Labute approximate surface area is 110 Å². The molecule has 1 aromatic carbocycles. The van der Waals surface area contributed by atoms with E-state index in [9.17, 15) is 4.79 Å². The van der Waals surface area contributed by atoms with Crippen LogP contribution in [0.25, 0.3) is 0 Å². The van der Waals surface area contributed by atoms with Crippen molar-refractivity contribution in [1.29, 1.82) is 0 Å². The van der Waals surface area contributed by atoms with E-state index in [0.29, 0.717) is 12.1 Å². The molecule has 0 aromatic heterocycles. The Morgan fingerprint density at radius 2 is 2.24 bits per heavy atom. The van der Waals surface area contributed by atoms with Gasteiger partial charge in [-0.1, -0.05) is 12.1 Å². The molecule has 17 heavy (non-hydrogen) atoms. The summed E-state index contributed by atoms with van der Waals surface area (Å²) in [5.74, 6) is -0.297. The first-order chi connectivity index (χ1) is 8.04. The van der Waals surface area contributed by atoms with Crippen molar-refractivity contribution >= 4 is 27.6 Å². The molecule has 0 aliphatic heterocycles. The van der Waals surface area contributed by atoms with Crippen LogP contribution in [0.15, 0.2) is 34.3 Å². The molecule has 4 heteroatoms. The summed E-state index contributed by atoms with van der Waals surface area (Å²) in [5.41, 5.74) is 2.80. The van der Waals surface area contributed by atoms with Crippen molar-refractivity contribution in [3.63, 3.8) is 0 Å². The fourth-order valence-corrected chi connectivity index (χ4v) is 1.96. The molecule has 0 saturated heterocycles. The first-order valence-electron chi connectivity index (χ1n) is 5.29. The van der Waals surface area contributed by atoms with Crippen LogP contribution in [-0.4, -0.2) is 19.6 Å². The highest BCUT2D eigenvalue weighted by Gasteiger charge is 2.02. The summed E-state index contributed by atoms with van der Waals surface area (Å²) < 4.78 is 5.63. The Bertz CT molecular complexity index is 441. The predicted octanol–water partition coefficient (Wildman–Crippen LogP) is 3.29. The lowest BCUT2D eigenvalue weighted by Gasteiger charge is -2.07. The lowest BCUT2D eigenvalue weighted by Crippen LogP contribution is -2.05. The molecule has 0 heterocycles. The smallest absolute Gasteiger partial charge is 0.333 e. The second-order valence-electron chi connectivity index (χ2n) is 3.74. The second-order valence-corrected chi connectivity index (χ2v) is 4.60. The van der Waals surface area contributed by atoms with Crippen LogP contribution in [0.4, 0.5) is 5.69 Å². The van der Waals surface area contributed by atoms with E-state index < -0.39 is 0 Å². The molecular weight excluding hydrogens is 282 g/mol. The van der Waals surface area contributed by atoms with Gasteiger partial charge in [-0.25, -0.2) is 4.79 Å². The molecule has 0 saturated carbocycles. The van der Waals surface area contributed by atoms with Gasteiger partial charge < -0.3 is 10.1 Å². The van der Waals surface area contributed by atoms with E-state index in [-0.39, 0.29) is 5.97 Å². The zero-order valence-electron chi connectivity index (χ0n) is 10.2. The van der Waals surface area contributed by atoms with Crippen molar-refractivity contribution in [2.24, 2.45) is 0 Å². The maximum atomic E-state index is 11.1. The van der Waals surface area contributed by atoms with Gasteiger partial charge in [-0.15, -0.1) is 0 Å². The summed E-state index contributed by atoms with van der Waals surface area (Å²) in [5, 5.41) is 3.22. The fraction of sp³-hybridized carbons (Fsp3) is 0.308. The third-order valence-corrected chi connectivity index (χ3v) is 2.99. The van der Waals surface area contributed by atoms with Crippen molar-refractivity contribution in [1.82, 2.24) is 0 Å². The molecule has 1 aromatic rings. The minimum absolute atomic E-state index is 0.297. The van der Waals surface area contributed by atoms with Crippen LogP contribution in [0.5, 0.6) is 0 Å². The maximum Gasteiger partial charge on any atom is 0.333 e. The van der Waals surface area contributed by atoms with Gasteiger partial charge in [0.15, 0.2) is 0 Å². The molecule has 1 N–H and O–H groups in total. The Balaban J connectivity index is 2.59. The average molecular weight is 298 g/mol. The van der Waals surface area contributed by atoms with E-state index >= 15 is 0 Å². The molecule has 1 rings (SSSR count). The van der Waals surface area contributed by atoms with Crippen LogP contribution in [-0.2, 0) is 9.53 Å². The fourth-order valence-electron chi connectivity index (χ4n) is 1.32. The monoisotopic (exact) mass is 297 g/mol. The van der Waals surface area contributed by atoms with Gasteiger partial charge in [-0.3, -0.25) is 0 Å². The SMILES string of the molecule is COC(=O)/C(C)=C/CNc1ccc(C)cc1Br. The first-order valence-corrected chi connectivity index (χ1v) is 6.09. The number of esters is 1. The highest BCUT2D eigenvalue weighted by Crippen LogP contribution is 2.23. The molecule has 0 atom stereocenters. The number of halogens is 1. The number of aryl methyl sites for hydroxylation is 1. The van der Waals surface area contributed by atoms with Crippen molar-refractivity contribution < 1.29 is 9.53 Å². The van der Waals surface area contributed by atoms with Crippen molar-refractivity contribution in [2.45, 2.75) is 13.8 Å². The molecule has 0 amide bonds. The third-order valence-electron chi connectivity index (χ3n) is 2.33. The van der Waals surface area contributed by atoms with E-state index in [1.807, 2.05) is 25.1 Å². The van der Waals surface area contributed by atoms with E-state index in [0.717, 1.165) is 10.2 Å². The highest BCUT2D eigenvalue weighted by molar-refractivity contribution is 9.10. The average Bonchev–Trinajstić information content (AvgIpc) is 2.30. The van der Waals surface area contributed by atoms with Crippen LogP contribution in [0.1, 0.15) is 12.5 Å². The molecule has 3 nitrogen and oxygen atoms in total. The molecule has 0 unspecified atom stereocenters. The molecule has 0 aliphatic rings. The molecular formula is C13H16BrNO2. The molecule has 0 fully saturated rings.